The number of hydrogen-bond acceptors (Lipinski definition) is 2. The van der Waals surface area contributed by atoms with Gasteiger partial charge >= 0.3 is 0 Å². The first-order valence-electron chi connectivity index (χ1n) is 6.74. The molecule has 0 aliphatic carbocycles. The van der Waals surface area contributed by atoms with Gasteiger partial charge in [-0.25, -0.2) is 0 Å². The fraction of sp³-hybridized carbons (Fsp3) is 0.294. The molecular weight excluding hydrogens is 234 g/mol. The van der Waals surface area contributed by atoms with Crippen molar-refractivity contribution >= 4 is 11.4 Å². The summed E-state index contributed by atoms with van der Waals surface area (Å²) in [6, 6.07) is 20.5. The van der Waals surface area contributed by atoms with Gasteiger partial charge < -0.3 is 10.0 Å². The third kappa shape index (κ3) is 3.15. The van der Waals surface area contributed by atoms with E-state index in [2.05, 4.69) is 43.0 Å². The molecule has 2 heteroatoms. The van der Waals surface area contributed by atoms with Crippen LogP contribution in [0.3, 0.4) is 0 Å². The first-order valence-corrected chi connectivity index (χ1v) is 6.74. The van der Waals surface area contributed by atoms with E-state index in [1.165, 1.54) is 0 Å². The lowest BCUT2D eigenvalue weighted by Gasteiger charge is -2.35. The van der Waals surface area contributed by atoms with Crippen LogP contribution in [-0.4, -0.2) is 17.8 Å². The van der Waals surface area contributed by atoms with Gasteiger partial charge in [0.2, 0.25) is 0 Å². The normalized spacial score (nSPS) is 12.4. The van der Waals surface area contributed by atoms with Gasteiger partial charge in [0.05, 0.1) is 12.6 Å². The molecule has 0 aromatic heterocycles. The van der Waals surface area contributed by atoms with Gasteiger partial charge in [-0.3, -0.25) is 0 Å². The van der Waals surface area contributed by atoms with Crippen molar-refractivity contribution in [3.63, 3.8) is 0 Å². The molecule has 1 atom stereocenters. The number of anilines is 2. The van der Waals surface area contributed by atoms with Crippen molar-refractivity contribution in [2.45, 2.75) is 19.9 Å². The number of hydrogen-bond donors (Lipinski definition) is 1. The van der Waals surface area contributed by atoms with Crippen LogP contribution in [0.15, 0.2) is 60.7 Å². The van der Waals surface area contributed by atoms with E-state index in [1.807, 2.05) is 36.4 Å². The van der Waals surface area contributed by atoms with Gasteiger partial charge in [-0.2, -0.15) is 0 Å². The summed E-state index contributed by atoms with van der Waals surface area (Å²) in [6.45, 7) is 4.42. The van der Waals surface area contributed by atoms with Gasteiger partial charge in [-0.1, -0.05) is 50.2 Å². The van der Waals surface area contributed by atoms with E-state index in [0.29, 0.717) is 5.92 Å². The molecule has 100 valence electrons. The summed E-state index contributed by atoms with van der Waals surface area (Å²) in [4.78, 5) is 2.21. The minimum absolute atomic E-state index is 0.0739. The standard InChI is InChI=1S/C17H21NO/c1-14(2)17(13-19)18(15-9-5-3-6-10-15)16-11-7-4-8-12-16/h3-12,14,17,19H,13H2,1-2H3/t17-/m1/s1. The van der Waals surface area contributed by atoms with Gasteiger partial charge in [0.25, 0.3) is 0 Å². The number of para-hydroxylation sites is 2. The van der Waals surface area contributed by atoms with Crippen LogP contribution in [0.5, 0.6) is 0 Å². The van der Waals surface area contributed by atoms with Crippen LogP contribution in [0.1, 0.15) is 13.8 Å². The maximum absolute atomic E-state index is 9.75. The van der Waals surface area contributed by atoms with Crippen molar-refractivity contribution in [2.24, 2.45) is 5.92 Å². The molecule has 1 N–H and O–H groups in total. The highest BCUT2D eigenvalue weighted by molar-refractivity contribution is 5.64. The second kappa shape index (κ2) is 6.39. The van der Waals surface area contributed by atoms with E-state index in [0.717, 1.165) is 11.4 Å². The molecule has 19 heavy (non-hydrogen) atoms. The largest absolute Gasteiger partial charge is 0.394 e. The van der Waals surface area contributed by atoms with Gasteiger partial charge in [-0.15, -0.1) is 0 Å². The van der Waals surface area contributed by atoms with Crippen LogP contribution < -0.4 is 4.90 Å². The third-order valence-electron chi connectivity index (χ3n) is 3.36. The van der Waals surface area contributed by atoms with E-state index in [1.54, 1.807) is 0 Å². The van der Waals surface area contributed by atoms with E-state index in [9.17, 15) is 5.11 Å². The highest BCUT2D eigenvalue weighted by atomic mass is 16.3. The second-order valence-corrected chi connectivity index (χ2v) is 5.04. The van der Waals surface area contributed by atoms with E-state index < -0.39 is 0 Å². The lowest BCUT2D eigenvalue weighted by atomic mass is 10.0. The average molecular weight is 255 g/mol. The van der Waals surface area contributed by atoms with Crippen LogP contribution in [0, 0.1) is 5.92 Å². The van der Waals surface area contributed by atoms with Crippen molar-refractivity contribution < 1.29 is 5.11 Å². The number of nitrogens with zero attached hydrogens (tertiary/aromatic N) is 1. The summed E-state index contributed by atoms with van der Waals surface area (Å²) in [5.41, 5.74) is 2.22. The molecule has 0 fully saturated rings. The number of aliphatic hydroxyl groups is 1. The molecule has 0 unspecified atom stereocenters. The molecular formula is C17H21NO. The summed E-state index contributed by atoms with van der Waals surface area (Å²) in [5.74, 6) is 0.366. The molecule has 0 bridgehead atoms. The predicted molar refractivity (Wildman–Crippen MR) is 80.7 cm³/mol. The van der Waals surface area contributed by atoms with Crippen LogP contribution >= 0.6 is 0 Å². The summed E-state index contributed by atoms with van der Waals surface area (Å²) in [7, 11) is 0. The quantitative estimate of drug-likeness (QED) is 0.877. The Morgan fingerprint density at radius 2 is 1.26 bits per heavy atom. The maximum Gasteiger partial charge on any atom is 0.0641 e. The monoisotopic (exact) mass is 255 g/mol. The molecule has 0 aliphatic heterocycles. The molecule has 0 spiro atoms. The van der Waals surface area contributed by atoms with E-state index in [-0.39, 0.29) is 12.6 Å². The number of rotatable bonds is 5. The molecule has 0 saturated carbocycles. The Balaban J connectivity index is 2.45. The molecule has 2 rings (SSSR count). The Kier molecular flexibility index (Phi) is 4.58. The summed E-state index contributed by atoms with van der Waals surface area (Å²) >= 11 is 0. The summed E-state index contributed by atoms with van der Waals surface area (Å²) in [6.07, 6.45) is 0. The van der Waals surface area contributed by atoms with Gasteiger partial charge in [0, 0.05) is 11.4 Å². The molecule has 2 aromatic carbocycles. The van der Waals surface area contributed by atoms with Gasteiger partial charge in [0.15, 0.2) is 0 Å². The first kappa shape index (κ1) is 13.6. The molecule has 0 heterocycles. The third-order valence-corrected chi connectivity index (χ3v) is 3.36. The van der Waals surface area contributed by atoms with E-state index in [4.69, 9.17) is 0 Å². The fourth-order valence-electron chi connectivity index (χ4n) is 2.30. The zero-order valence-corrected chi connectivity index (χ0v) is 11.5. The number of aliphatic hydroxyl groups excluding tert-OH is 1. The lowest BCUT2D eigenvalue weighted by Crippen LogP contribution is -2.38. The molecule has 0 aliphatic rings. The zero-order valence-electron chi connectivity index (χ0n) is 11.5. The maximum atomic E-state index is 9.75. The summed E-state index contributed by atoms with van der Waals surface area (Å²) < 4.78 is 0. The Hall–Kier alpha value is -1.80. The van der Waals surface area contributed by atoms with Crippen molar-refractivity contribution in [1.29, 1.82) is 0 Å². The van der Waals surface area contributed by atoms with Crippen LogP contribution in [0.4, 0.5) is 11.4 Å². The smallest absolute Gasteiger partial charge is 0.0641 e. The highest BCUT2D eigenvalue weighted by Crippen LogP contribution is 2.29. The minimum Gasteiger partial charge on any atom is -0.394 e. The van der Waals surface area contributed by atoms with Gasteiger partial charge in [-0.05, 0) is 30.2 Å². The van der Waals surface area contributed by atoms with Crippen molar-refractivity contribution in [2.75, 3.05) is 11.5 Å². The molecule has 2 nitrogen and oxygen atoms in total. The Morgan fingerprint density at radius 1 is 0.842 bits per heavy atom. The topological polar surface area (TPSA) is 23.5 Å². The fourth-order valence-corrected chi connectivity index (χ4v) is 2.30. The molecule has 0 saturated heterocycles. The molecule has 0 radical (unpaired) electrons. The average Bonchev–Trinajstić information content (AvgIpc) is 2.46. The highest BCUT2D eigenvalue weighted by Gasteiger charge is 2.22. The van der Waals surface area contributed by atoms with Crippen molar-refractivity contribution in [3.05, 3.63) is 60.7 Å². The second-order valence-electron chi connectivity index (χ2n) is 5.04. The predicted octanol–water partition coefficient (Wildman–Crippen LogP) is 3.84. The minimum atomic E-state index is 0.0739. The zero-order chi connectivity index (χ0) is 13.7. The lowest BCUT2D eigenvalue weighted by molar-refractivity contribution is 0.237. The van der Waals surface area contributed by atoms with Crippen molar-refractivity contribution in [3.8, 4) is 0 Å². The van der Waals surface area contributed by atoms with Crippen molar-refractivity contribution in [1.82, 2.24) is 0 Å². The molecule has 2 aromatic rings. The number of benzene rings is 2. The van der Waals surface area contributed by atoms with Crippen LogP contribution in [-0.2, 0) is 0 Å². The Morgan fingerprint density at radius 3 is 1.58 bits per heavy atom. The summed E-state index contributed by atoms with van der Waals surface area (Å²) in [5, 5.41) is 9.75. The Bertz CT molecular complexity index is 442. The first-order chi connectivity index (χ1) is 9.24. The molecule has 0 amide bonds. The Labute approximate surface area is 115 Å². The SMILES string of the molecule is CC(C)[C@@H](CO)N(c1ccccc1)c1ccccc1. The van der Waals surface area contributed by atoms with Crippen LogP contribution in [0.25, 0.3) is 0 Å². The van der Waals surface area contributed by atoms with Crippen LogP contribution in [0.2, 0.25) is 0 Å². The van der Waals surface area contributed by atoms with E-state index >= 15 is 0 Å². The van der Waals surface area contributed by atoms with Gasteiger partial charge in [0.1, 0.15) is 0 Å².